The van der Waals surface area contributed by atoms with E-state index in [9.17, 15) is 19.7 Å². The molecule has 0 saturated carbocycles. The van der Waals surface area contributed by atoms with Crippen LogP contribution in [0, 0.1) is 10.1 Å². The summed E-state index contributed by atoms with van der Waals surface area (Å²) in [6, 6.07) is 11.2. The molecule has 1 unspecified atom stereocenters. The van der Waals surface area contributed by atoms with Gasteiger partial charge in [0.25, 0.3) is 5.69 Å². The molecule has 0 amide bonds. The Labute approximate surface area is 167 Å². The molecule has 0 heterocycles. The maximum Gasteiger partial charge on any atom is 0.352 e. The van der Waals surface area contributed by atoms with Crippen molar-refractivity contribution in [2.75, 3.05) is 19.8 Å². The summed E-state index contributed by atoms with van der Waals surface area (Å²) in [6.07, 6.45) is -0.945. The van der Waals surface area contributed by atoms with Gasteiger partial charge in [0, 0.05) is 18.7 Å². The van der Waals surface area contributed by atoms with Crippen LogP contribution in [0.4, 0.5) is 5.69 Å². The molecule has 0 aliphatic rings. The molecule has 0 spiro atoms. The van der Waals surface area contributed by atoms with Gasteiger partial charge in [0.2, 0.25) is 0 Å². The lowest BCUT2D eigenvalue weighted by Crippen LogP contribution is -2.28. The molecule has 154 valence electrons. The number of benzene rings is 2. The lowest BCUT2D eigenvalue weighted by molar-refractivity contribution is -0.384. The van der Waals surface area contributed by atoms with Gasteiger partial charge >= 0.3 is 11.9 Å². The van der Waals surface area contributed by atoms with Crippen LogP contribution in [0.15, 0.2) is 48.5 Å². The number of nitro groups is 1. The molecule has 0 radical (unpaired) electrons. The van der Waals surface area contributed by atoms with Crippen LogP contribution in [-0.2, 0) is 14.3 Å². The molecule has 0 N–H and O–H groups in total. The summed E-state index contributed by atoms with van der Waals surface area (Å²) < 4.78 is 20.8. The quantitative estimate of drug-likeness (QED) is 0.195. The average molecular weight is 403 g/mol. The minimum atomic E-state index is -0.945. The van der Waals surface area contributed by atoms with Crippen LogP contribution in [0.5, 0.6) is 11.5 Å². The third kappa shape index (κ3) is 6.89. The van der Waals surface area contributed by atoms with E-state index in [-0.39, 0.29) is 18.0 Å². The van der Waals surface area contributed by atoms with Gasteiger partial charge in [-0.2, -0.15) is 0 Å². The fourth-order valence-corrected chi connectivity index (χ4v) is 2.18. The van der Waals surface area contributed by atoms with E-state index in [1.807, 2.05) is 6.92 Å². The van der Waals surface area contributed by atoms with Gasteiger partial charge in [-0.3, -0.25) is 10.1 Å². The van der Waals surface area contributed by atoms with Gasteiger partial charge in [-0.05, 0) is 50.2 Å². The third-order valence-corrected chi connectivity index (χ3v) is 3.67. The number of nitro benzene ring substituents is 1. The molecule has 9 heteroatoms. The van der Waals surface area contributed by atoms with E-state index in [1.54, 1.807) is 0 Å². The Morgan fingerprint density at radius 3 is 2.21 bits per heavy atom. The van der Waals surface area contributed by atoms with E-state index < -0.39 is 23.0 Å². The summed E-state index contributed by atoms with van der Waals surface area (Å²) >= 11 is 0. The SMILES string of the molecule is CCOCCOC(=O)c1ccc(OC(=O)C(C)Oc2ccc([N+](=O)[O-])cc2)cc1. The highest BCUT2D eigenvalue weighted by atomic mass is 16.6. The zero-order valence-electron chi connectivity index (χ0n) is 16.0. The highest BCUT2D eigenvalue weighted by Crippen LogP contribution is 2.19. The first-order valence-corrected chi connectivity index (χ1v) is 8.88. The minimum absolute atomic E-state index is 0.0796. The number of esters is 2. The molecule has 0 aliphatic carbocycles. The number of carbonyl (C=O) groups is 2. The number of ether oxygens (including phenoxy) is 4. The zero-order chi connectivity index (χ0) is 21.2. The van der Waals surface area contributed by atoms with Crippen LogP contribution in [0.1, 0.15) is 24.2 Å². The van der Waals surface area contributed by atoms with Crippen molar-refractivity contribution in [2.45, 2.75) is 20.0 Å². The summed E-state index contributed by atoms with van der Waals surface area (Å²) in [5.74, 6) is -0.627. The Hall–Kier alpha value is -3.46. The first-order chi connectivity index (χ1) is 13.9. The molecular weight excluding hydrogens is 382 g/mol. The predicted octanol–water partition coefficient (Wildman–Crippen LogP) is 3.16. The largest absolute Gasteiger partial charge is 0.479 e. The van der Waals surface area contributed by atoms with E-state index in [2.05, 4.69) is 0 Å². The second kappa shape index (κ2) is 10.8. The van der Waals surface area contributed by atoms with E-state index in [4.69, 9.17) is 18.9 Å². The van der Waals surface area contributed by atoms with Crippen molar-refractivity contribution in [3.63, 3.8) is 0 Å². The molecule has 0 saturated heterocycles. The van der Waals surface area contributed by atoms with E-state index in [0.29, 0.717) is 24.5 Å². The van der Waals surface area contributed by atoms with Gasteiger partial charge < -0.3 is 18.9 Å². The number of carbonyl (C=O) groups excluding carboxylic acids is 2. The molecular formula is C20H21NO8. The Balaban J connectivity index is 1.86. The number of nitrogens with zero attached hydrogens (tertiary/aromatic N) is 1. The van der Waals surface area contributed by atoms with Crippen molar-refractivity contribution in [3.8, 4) is 11.5 Å². The molecule has 0 aliphatic heterocycles. The van der Waals surface area contributed by atoms with Crippen molar-refractivity contribution in [3.05, 3.63) is 64.2 Å². The fraction of sp³-hybridized carbons (Fsp3) is 0.300. The van der Waals surface area contributed by atoms with Gasteiger partial charge in [0.05, 0.1) is 17.1 Å². The summed E-state index contributed by atoms with van der Waals surface area (Å²) in [5, 5.41) is 10.6. The van der Waals surface area contributed by atoms with Crippen LogP contribution in [0.3, 0.4) is 0 Å². The predicted molar refractivity (Wildman–Crippen MR) is 102 cm³/mol. The summed E-state index contributed by atoms with van der Waals surface area (Å²) in [5.41, 5.74) is 0.237. The smallest absolute Gasteiger partial charge is 0.352 e. The van der Waals surface area contributed by atoms with E-state index in [1.165, 1.54) is 55.5 Å². The molecule has 0 bridgehead atoms. The topological polar surface area (TPSA) is 114 Å². The van der Waals surface area contributed by atoms with Crippen molar-refractivity contribution in [2.24, 2.45) is 0 Å². The van der Waals surface area contributed by atoms with Crippen LogP contribution >= 0.6 is 0 Å². The van der Waals surface area contributed by atoms with Crippen molar-refractivity contribution in [1.29, 1.82) is 0 Å². The zero-order valence-corrected chi connectivity index (χ0v) is 16.0. The summed E-state index contributed by atoms with van der Waals surface area (Å²) in [6.45, 7) is 4.36. The van der Waals surface area contributed by atoms with Gasteiger partial charge in [0.1, 0.15) is 18.1 Å². The second-order valence-electron chi connectivity index (χ2n) is 5.79. The lowest BCUT2D eigenvalue weighted by atomic mass is 10.2. The Morgan fingerprint density at radius 1 is 1.00 bits per heavy atom. The van der Waals surface area contributed by atoms with Crippen LogP contribution in [-0.4, -0.2) is 42.8 Å². The van der Waals surface area contributed by atoms with Crippen molar-refractivity contribution < 1.29 is 33.5 Å². The average Bonchev–Trinajstić information content (AvgIpc) is 2.72. The molecule has 0 aromatic heterocycles. The fourth-order valence-electron chi connectivity index (χ4n) is 2.18. The maximum absolute atomic E-state index is 12.2. The monoisotopic (exact) mass is 403 g/mol. The normalized spacial score (nSPS) is 11.4. The van der Waals surface area contributed by atoms with Gasteiger partial charge in [-0.15, -0.1) is 0 Å². The Morgan fingerprint density at radius 2 is 1.62 bits per heavy atom. The van der Waals surface area contributed by atoms with Gasteiger partial charge in [-0.1, -0.05) is 0 Å². The second-order valence-corrected chi connectivity index (χ2v) is 5.79. The molecule has 2 rings (SSSR count). The molecule has 29 heavy (non-hydrogen) atoms. The third-order valence-electron chi connectivity index (χ3n) is 3.67. The highest BCUT2D eigenvalue weighted by Gasteiger charge is 2.18. The van der Waals surface area contributed by atoms with E-state index in [0.717, 1.165) is 0 Å². The number of rotatable bonds is 10. The highest BCUT2D eigenvalue weighted by molar-refractivity contribution is 5.89. The standard InChI is InChI=1S/C20H21NO8/c1-3-26-12-13-27-20(23)15-4-8-18(9-5-15)29-19(22)14(2)28-17-10-6-16(7-11-17)21(24)25/h4-11,14H,3,12-13H2,1-2H3. The summed E-state index contributed by atoms with van der Waals surface area (Å²) in [4.78, 5) is 34.1. The van der Waals surface area contributed by atoms with Crippen LogP contribution < -0.4 is 9.47 Å². The van der Waals surface area contributed by atoms with Crippen molar-refractivity contribution >= 4 is 17.6 Å². The first-order valence-electron chi connectivity index (χ1n) is 8.88. The number of hydrogen-bond donors (Lipinski definition) is 0. The van der Waals surface area contributed by atoms with Crippen molar-refractivity contribution in [1.82, 2.24) is 0 Å². The maximum atomic E-state index is 12.2. The Bertz CT molecular complexity index is 833. The van der Waals surface area contributed by atoms with E-state index >= 15 is 0 Å². The first kappa shape index (κ1) is 21.8. The molecule has 9 nitrogen and oxygen atoms in total. The molecule has 0 fully saturated rings. The van der Waals surface area contributed by atoms with Crippen LogP contribution in [0.2, 0.25) is 0 Å². The number of hydrogen-bond acceptors (Lipinski definition) is 8. The Kier molecular flexibility index (Phi) is 8.11. The van der Waals surface area contributed by atoms with Crippen LogP contribution in [0.25, 0.3) is 0 Å². The molecule has 1 atom stereocenters. The summed E-state index contributed by atoms with van der Waals surface area (Å²) in [7, 11) is 0. The molecule has 2 aromatic carbocycles. The number of non-ortho nitro benzene ring substituents is 1. The lowest BCUT2D eigenvalue weighted by Gasteiger charge is -2.14. The molecule has 2 aromatic rings. The van der Waals surface area contributed by atoms with Gasteiger partial charge in [-0.25, -0.2) is 9.59 Å². The van der Waals surface area contributed by atoms with Gasteiger partial charge in [0.15, 0.2) is 6.10 Å². The minimum Gasteiger partial charge on any atom is -0.479 e.